The largest absolute Gasteiger partial charge is 0.494 e. The van der Waals surface area contributed by atoms with E-state index in [4.69, 9.17) is 14.2 Å². The van der Waals surface area contributed by atoms with Gasteiger partial charge in [0.2, 0.25) is 0 Å². The van der Waals surface area contributed by atoms with E-state index < -0.39 is 17.0 Å². The molecule has 3 aromatic carbocycles. The van der Waals surface area contributed by atoms with Gasteiger partial charge in [-0.25, -0.2) is 4.79 Å². The van der Waals surface area contributed by atoms with E-state index in [0.717, 1.165) is 54.7 Å². The lowest BCUT2D eigenvalue weighted by Crippen LogP contribution is -2.44. The van der Waals surface area contributed by atoms with E-state index in [1.165, 1.54) is 5.06 Å². The molecular formula is C33H40NO5. The first-order chi connectivity index (χ1) is 18.8. The van der Waals surface area contributed by atoms with E-state index in [1.807, 2.05) is 50.2 Å². The lowest BCUT2D eigenvalue weighted by molar-refractivity contribution is -0.260. The molecule has 0 spiro atoms. The summed E-state index contributed by atoms with van der Waals surface area (Å²) in [6.45, 7) is 9.60. The Hall–Kier alpha value is -3.35. The number of hydrogen-bond donors (Lipinski definition) is 0. The Morgan fingerprint density at radius 1 is 0.692 bits per heavy atom. The van der Waals surface area contributed by atoms with Crippen LogP contribution < -0.4 is 14.2 Å². The monoisotopic (exact) mass is 530 g/mol. The van der Waals surface area contributed by atoms with Crippen LogP contribution in [-0.4, -0.2) is 24.2 Å². The van der Waals surface area contributed by atoms with E-state index in [2.05, 4.69) is 13.8 Å². The molecule has 6 heteroatoms. The van der Waals surface area contributed by atoms with Gasteiger partial charge in [-0.3, -0.25) is 0 Å². The van der Waals surface area contributed by atoms with E-state index in [0.29, 0.717) is 30.9 Å². The van der Waals surface area contributed by atoms with Gasteiger partial charge in [-0.05, 0) is 99.2 Å². The molecule has 0 amide bonds. The van der Waals surface area contributed by atoms with Gasteiger partial charge in [0.05, 0.1) is 29.9 Å². The van der Waals surface area contributed by atoms with Crippen LogP contribution in [0.4, 0.5) is 0 Å². The van der Waals surface area contributed by atoms with Crippen LogP contribution in [0.1, 0.15) is 87.7 Å². The van der Waals surface area contributed by atoms with Gasteiger partial charge in [0.25, 0.3) is 0 Å². The number of rotatable bonds is 12. The second kappa shape index (κ2) is 12.7. The average Bonchev–Trinajstić information content (AvgIpc) is 3.20. The molecule has 1 aliphatic heterocycles. The average molecular weight is 531 g/mol. The zero-order valence-electron chi connectivity index (χ0n) is 23.6. The fraction of sp³-hybridized carbons (Fsp3) is 0.424. The number of hydrogen-bond acceptors (Lipinski definition) is 5. The molecule has 1 radical (unpaired) electrons. The summed E-state index contributed by atoms with van der Waals surface area (Å²) in [5.41, 5.74) is 0.994. The quantitative estimate of drug-likeness (QED) is 0.136. The molecule has 2 atom stereocenters. The minimum atomic E-state index is -0.693. The fourth-order valence-corrected chi connectivity index (χ4v) is 5.07. The minimum absolute atomic E-state index is 0.435. The molecule has 1 fully saturated rings. The van der Waals surface area contributed by atoms with E-state index in [1.54, 1.807) is 36.4 Å². The third-order valence-electron chi connectivity index (χ3n) is 7.78. The molecule has 0 N–H and O–H groups in total. The molecule has 39 heavy (non-hydrogen) atoms. The van der Waals surface area contributed by atoms with Crippen LogP contribution in [0.25, 0.3) is 0 Å². The number of carbonyl (C=O) groups is 1. The Labute approximate surface area is 232 Å². The Morgan fingerprint density at radius 2 is 1.10 bits per heavy atom. The van der Waals surface area contributed by atoms with E-state index >= 15 is 0 Å². The van der Waals surface area contributed by atoms with Crippen molar-refractivity contribution in [2.24, 2.45) is 0 Å². The van der Waals surface area contributed by atoms with Crippen molar-refractivity contribution < 1.29 is 24.2 Å². The first-order valence-corrected chi connectivity index (χ1v) is 14.1. The summed E-state index contributed by atoms with van der Waals surface area (Å²) >= 11 is 0. The van der Waals surface area contributed by atoms with Gasteiger partial charge in [0.15, 0.2) is 0 Å². The number of carbonyl (C=O) groups excluding carboxylic acids is 1. The Bertz CT molecular complexity index is 1210. The van der Waals surface area contributed by atoms with Crippen molar-refractivity contribution >= 4 is 5.97 Å². The molecule has 0 saturated carbocycles. The molecular weight excluding hydrogens is 490 g/mol. The third-order valence-corrected chi connectivity index (χ3v) is 7.78. The number of benzene rings is 3. The zero-order valence-corrected chi connectivity index (χ0v) is 23.6. The highest BCUT2D eigenvalue weighted by atomic mass is 16.5. The van der Waals surface area contributed by atoms with Gasteiger partial charge >= 0.3 is 5.97 Å². The number of ether oxygens (including phenoxy) is 3. The Balaban J connectivity index is 1.40. The maximum atomic E-state index is 13.8. The van der Waals surface area contributed by atoms with Gasteiger partial charge in [0.1, 0.15) is 17.2 Å². The summed E-state index contributed by atoms with van der Waals surface area (Å²) < 4.78 is 17.0. The molecule has 0 aromatic heterocycles. The smallest absolute Gasteiger partial charge is 0.343 e. The van der Waals surface area contributed by atoms with Crippen molar-refractivity contribution in [3.05, 3.63) is 89.5 Å². The standard InChI is InChI=1S/C33H40NO5/c1-5-7-23-37-28-15-9-25(10-16-28)31(35)39-30-19-13-27(14-20-30)33(4)22-21-32(3,34(33)36)26-11-17-29(18-12-26)38-24-8-6-2/h9-20H,5-8,21-24H2,1-4H3/t32-,33-/m0/s1. The van der Waals surface area contributed by atoms with Gasteiger partial charge in [-0.1, -0.05) is 51.0 Å². The molecule has 0 unspecified atom stereocenters. The molecule has 4 rings (SSSR count). The van der Waals surface area contributed by atoms with Crippen molar-refractivity contribution in [3.63, 3.8) is 0 Å². The van der Waals surface area contributed by atoms with Crippen LogP contribution in [0.3, 0.4) is 0 Å². The fourth-order valence-electron chi connectivity index (χ4n) is 5.07. The summed E-state index contributed by atoms with van der Waals surface area (Å²) in [5, 5.41) is 15.0. The molecule has 6 nitrogen and oxygen atoms in total. The first kappa shape index (κ1) is 28.7. The topological polar surface area (TPSA) is 67.9 Å². The van der Waals surface area contributed by atoms with E-state index in [-0.39, 0.29) is 0 Å². The summed E-state index contributed by atoms with van der Waals surface area (Å²) in [4.78, 5) is 12.7. The van der Waals surface area contributed by atoms with Gasteiger partial charge in [-0.2, -0.15) is 0 Å². The Morgan fingerprint density at radius 3 is 1.54 bits per heavy atom. The summed E-state index contributed by atoms with van der Waals surface area (Å²) in [5.74, 6) is 1.57. The molecule has 1 saturated heterocycles. The Kier molecular flexibility index (Phi) is 9.31. The SMILES string of the molecule is CCCCOc1ccc(C(=O)Oc2ccc([C@]3(C)CC[C@@](C)(c4ccc(OCCCC)cc4)N3[O])cc2)cc1. The van der Waals surface area contributed by atoms with Gasteiger partial charge < -0.3 is 14.2 Å². The van der Waals surface area contributed by atoms with Crippen molar-refractivity contribution in [2.75, 3.05) is 13.2 Å². The molecule has 1 heterocycles. The highest BCUT2D eigenvalue weighted by Gasteiger charge is 2.52. The van der Waals surface area contributed by atoms with Crippen LogP contribution >= 0.6 is 0 Å². The van der Waals surface area contributed by atoms with E-state index in [9.17, 15) is 10.0 Å². The van der Waals surface area contributed by atoms with Crippen molar-refractivity contribution in [3.8, 4) is 17.2 Å². The molecule has 1 aliphatic rings. The van der Waals surface area contributed by atoms with Crippen molar-refractivity contribution in [1.82, 2.24) is 5.06 Å². The number of esters is 1. The predicted molar refractivity (Wildman–Crippen MR) is 152 cm³/mol. The van der Waals surface area contributed by atoms with Crippen LogP contribution in [0, 0.1) is 0 Å². The maximum absolute atomic E-state index is 13.8. The van der Waals surface area contributed by atoms with Crippen molar-refractivity contribution in [1.29, 1.82) is 0 Å². The highest BCUT2D eigenvalue weighted by Crippen LogP contribution is 2.51. The molecule has 0 aliphatic carbocycles. The number of hydroxylamine groups is 2. The molecule has 207 valence electrons. The molecule has 3 aromatic rings. The summed E-state index contributed by atoms with van der Waals surface area (Å²) in [6.07, 6.45) is 5.62. The number of nitrogens with zero attached hydrogens (tertiary/aromatic N) is 1. The normalized spacial score (nSPS) is 21.1. The van der Waals surface area contributed by atoms with Gasteiger partial charge in [-0.15, -0.1) is 10.3 Å². The zero-order chi connectivity index (χ0) is 27.9. The lowest BCUT2D eigenvalue weighted by Gasteiger charge is -2.37. The molecule has 0 bridgehead atoms. The van der Waals surface area contributed by atoms with Crippen LogP contribution in [-0.2, 0) is 16.3 Å². The second-order valence-electron chi connectivity index (χ2n) is 10.7. The summed E-state index contributed by atoms with van der Waals surface area (Å²) in [7, 11) is 0. The number of unbranched alkanes of at least 4 members (excludes halogenated alkanes) is 2. The second-order valence-corrected chi connectivity index (χ2v) is 10.7. The lowest BCUT2D eigenvalue weighted by atomic mass is 9.89. The first-order valence-electron chi connectivity index (χ1n) is 14.1. The van der Waals surface area contributed by atoms with Crippen molar-refractivity contribution in [2.45, 2.75) is 77.3 Å². The van der Waals surface area contributed by atoms with Crippen LogP contribution in [0.5, 0.6) is 17.2 Å². The van der Waals surface area contributed by atoms with Crippen LogP contribution in [0.2, 0.25) is 0 Å². The predicted octanol–water partition coefficient (Wildman–Crippen LogP) is 7.84. The highest BCUT2D eigenvalue weighted by molar-refractivity contribution is 5.91. The third kappa shape index (κ3) is 6.45. The minimum Gasteiger partial charge on any atom is -0.494 e. The van der Waals surface area contributed by atoms with Crippen LogP contribution in [0.15, 0.2) is 72.8 Å². The van der Waals surface area contributed by atoms with Gasteiger partial charge in [0, 0.05) is 0 Å². The maximum Gasteiger partial charge on any atom is 0.343 e. The summed E-state index contributed by atoms with van der Waals surface area (Å²) in [6, 6.07) is 22.2.